The van der Waals surface area contributed by atoms with Crippen LogP contribution in [-0.2, 0) is 16.0 Å². The molecule has 0 unspecified atom stereocenters. The zero-order valence-electron chi connectivity index (χ0n) is 13.2. The van der Waals surface area contributed by atoms with Gasteiger partial charge in [0.1, 0.15) is 17.5 Å². The molecule has 6 heteroatoms. The van der Waals surface area contributed by atoms with E-state index in [-0.39, 0.29) is 11.8 Å². The Bertz CT molecular complexity index is 596. The molecule has 1 heterocycles. The lowest BCUT2D eigenvalue weighted by Gasteiger charge is -2.25. The van der Waals surface area contributed by atoms with Crippen molar-refractivity contribution in [1.29, 1.82) is 0 Å². The second-order valence-electron chi connectivity index (χ2n) is 6.60. The van der Waals surface area contributed by atoms with Crippen LogP contribution < -0.4 is 10.6 Å². The van der Waals surface area contributed by atoms with Gasteiger partial charge in [0.2, 0.25) is 5.91 Å². The number of alkyl carbamates (subject to hydrolysis) is 1. The molecule has 2 rings (SSSR count). The Morgan fingerprint density at radius 1 is 1.41 bits per heavy atom. The Morgan fingerprint density at radius 2 is 2.09 bits per heavy atom. The molecule has 0 spiro atoms. The van der Waals surface area contributed by atoms with E-state index in [1.54, 1.807) is 26.8 Å². The summed E-state index contributed by atoms with van der Waals surface area (Å²) < 4.78 is 18.5. The van der Waals surface area contributed by atoms with Gasteiger partial charge in [0, 0.05) is 5.69 Å². The SMILES string of the molecule is C[C@H]1Cc2ccc(F)cc2NC(=O)[C@H]1NC(=O)OC(C)(C)C. The molecule has 1 aliphatic rings. The molecule has 2 amide bonds. The van der Waals surface area contributed by atoms with E-state index in [9.17, 15) is 14.0 Å². The number of halogens is 1. The highest BCUT2D eigenvalue weighted by Crippen LogP contribution is 2.26. The van der Waals surface area contributed by atoms with Gasteiger partial charge in [-0.3, -0.25) is 4.79 Å². The largest absolute Gasteiger partial charge is 0.444 e. The molecule has 22 heavy (non-hydrogen) atoms. The number of rotatable bonds is 1. The third-order valence-corrected chi connectivity index (χ3v) is 3.40. The summed E-state index contributed by atoms with van der Waals surface area (Å²) in [5, 5.41) is 5.26. The molecular weight excluding hydrogens is 287 g/mol. The zero-order valence-corrected chi connectivity index (χ0v) is 13.2. The number of hydrogen-bond acceptors (Lipinski definition) is 3. The average molecular weight is 308 g/mol. The van der Waals surface area contributed by atoms with Gasteiger partial charge in [0.25, 0.3) is 0 Å². The van der Waals surface area contributed by atoms with Crippen molar-refractivity contribution in [2.24, 2.45) is 5.92 Å². The molecule has 1 aromatic carbocycles. The number of benzene rings is 1. The minimum absolute atomic E-state index is 0.140. The van der Waals surface area contributed by atoms with Crippen molar-refractivity contribution in [2.75, 3.05) is 5.32 Å². The van der Waals surface area contributed by atoms with Crippen LogP contribution in [0.2, 0.25) is 0 Å². The fourth-order valence-corrected chi connectivity index (χ4v) is 2.42. The van der Waals surface area contributed by atoms with Crippen LogP contribution in [0.1, 0.15) is 33.3 Å². The highest BCUT2D eigenvalue weighted by molar-refractivity contribution is 5.98. The summed E-state index contributed by atoms with van der Waals surface area (Å²) in [6, 6.07) is 3.57. The highest BCUT2D eigenvalue weighted by atomic mass is 19.1. The molecule has 0 aromatic heterocycles. The molecule has 2 atom stereocenters. The van der Waals surface area contributed by atoms with Gasteiger partial charge in [-0.15, -0.1) is 0 Å². The molecule has 1 aromatic rings. The Balaban J connectivity index is 2.15. The number of anilines is 1. The molecule has 5 nitrogen and oxygen atoms in total. The smallest absolute Gasteiger partial charge is 0.408 e. The minimum Gasteiger partial charge on any atom is -0.444 e. The van der Waals surface area contributed by atoms with Crippen LogP contribution >= 0.6 is 0 Å². The Hall–Kier alpha value is -2.11. The summed E-state index contributed by atoms with van der Waals surface area (Å²) in [7, 11) is 0. The highest BCUT2D eigenvalue weighted by Gasteiger charge is 2.32. The van der Waals surface area contributed by atoms with Gasteiger partial charge in [0.05, 0.1) is 0 Å². The van der Waals surface area contributed by atoms with Gasteiger partial charge in [-0.25, -0.2) is 9.18 Å². The van der Waals surface area contributed by atoms with Crippen molar-refractivity contribution in [1.82, 2.24) is 5.32 Å². The fraction of sp³-hybridized carbons (Fsp3) is 0.500. The Morgan fingerprint density at radius 3 is 2.73 bits per heavy atom. The first-order valence-corrected chi connectivity index (χ1v) is 7.24. The van der Waals surface area contributed by atoms with Crippen LogP contribution in [-0.4, -0.2) is 23.6 Å². The van der Waals surface area contributed by atoms with E-state index in [2.05, 4.69) is 10.6 Å². The van der Waals surface area contributed by atoms with Crippen molar-refractivity contribution in [3.05, 3.63) is 29.6 Å². The summed E-state index contributed by atoms with van der Waals surface area (Å²) in [5.41, 5.74) is 0.654. The summed E-state index contributed by atoms with van der Waals surface area (Å²) in [6.07, 6.45) is -0.0916. The molecule has 1 aliphatic heterocycles. The third kappa shape index (κ3) is 3.96. The van der Waals surface area contributed by atoms with Crippen LogP contribution in [0.3, 0.4) is 0 Å². The standard InChI is InChI=1S/C16H21FN2O3/c1-9-7-10-5-6-11(17)8-12(10)18-14(20)13(9)19-15(21)22-16(2,3)4/h5-6,8-9,13H,7H2,1-4H3,(H,18,20)(H,19,21)/t9-,13-/m0/s1. The van der Waals surface area contributed by atoms with E-state index in [1.807, 2.05) is 6.92 Å². The van der Waals surface area contributed by atoms with Crippen LogP contribution in [0.5, 0.6) is 0 Å². The van der Waals surface area contributed by atoms with Gasteiger partial charge in [-0.2, -0.15) is 0 Å². The molecule has 120 valence electrons. The third-order valence-electron chi connectivity index (χ3n) is 3.40. The molecule has 0 radical (unpaired) electrons. The minimum atomic E-state index is -0.731. The fourth-order valence-electron chi connectivity index (χ4n) is 2.42. The van der Waals surface area contributed by atoms with Crippen LogP contribution in [0.15, 0.2) is 18.2 Å². The van der Waals surface area contributed by atoms with Crippen LogP contribution in [0.4, 0.5) is 14.9 Å². The predicted octanol–water partition coefficient (Wildman–Crippen LogP) is 2.85. The molecule has 0 bridgehead atoms. The summed E-state index contributed by atoms with van der Waals surface area (Å²) in [5.74, 6) is -0.924. The monoisotopic (exact) mass is 308 g/mol. The normalized spacial score (nSPS) is 21.4. The van der Waals surface area contributed by atoms with Gasteiger partial charge in [0.15, 0.2) is 0 Å². The number of ether oxygens (including phenoxy) is 1. The maximum absolute atomic E-state index is 13.3. The van der Waals surface area contributed by atoms with Gasteiger partial charge >= 0.3 is 6.09 Å². The second-order valence-corrected chi connectivity index (χ2v) is 6.60. The van der Waals surface area contributed by atoms with Crippen molar-refractivity contribution in [3.8, 4) is 0 Å². The van der Waals surface area contributed by atoms with E-state index in [0.29, 0.717) is 12.1 Å². The number of hydrogen-bond donors (Lipinski definition) is 2. The lowest BCUT2D eigenvalue weighted by Crippen LogP contribution is -2.48. The van der Waals surface area contributed by atoms with Crippen molar-refractivity contribution < 1.29 is 18.7 Å². The van der Waals surface area contributed by atoms with Gasteiger partial charge in [-0.1, -0.05) is 13.0 Å². The number of carbonyl (C=O) groups is 2. The second kappa shape index (κ2) is 5.94. The van der Waals surface area contributed by atoms with E-state index >= 15 is 0 Å². The lowest BCUT2D eigenvalue weighted by atomic mass is 9.95. The lowest BCUT2D eigenvalue weighted by molar-refractivity contribution is -0.119. The Kier molecular flexibility index (Phi) is 4.39. The first-order valence-electron chi connectivity index (χ1n) is 7.24. The molecule has 0 saturated carbocycles. The summed E-state index contributed by atoms with van der Waals surface area (Å²) >= 11 is 0. The van der Waals surface area contributed by atoms with Crippen LogP contribution in [0, 0.1) is 11.7 Å². The average Bonchev–Trinajstić information content (AvgIpc) is 2.46. The maximum atomic E-state index is 13.3. The molecule has 0 fully saturated rings. The number of carbonyl (C=O) groups excluding carboxylic acids is 2. The van der Waals surface area contributed by atoms with E-state index in [0.717, 1.165) is 5.56 Å². The molecule has 0 saturated heterocycles. The van der Waals surface area contributed by atoms with E-state index in [1.165, 1.54) is 12.1 Å². The number of amides is 2. The molecule has 0 aliphatic carbocycles. The van der Waals surface area contributed by atoms with Crippen molar-refractivity contribution >= 4 is 17.7 Å². The first-order chi connectivity index (χ1) is 10.2. The Labute approximate surface area is 129 Å². The van der Waals surface area contributed by atoms with E-state index in [4.69, 9.17) is 4.74 Å². The molecule has 2 N–H and O–H groups in total. The predicted molar refractivity (Wildman–Crippen MR) is 81.1 cm³/mol. The first kappa shape index (κ1) is 16.3. The van der Waals surface area contributed by atoms with Crippen molar-refractivity contribution in [3.63, 3.8) is 0 Å². The topological polar surface area (TPSA) is 67.4 Å². The van der Waals surface area contributed by atoms with Crippen LogP contribution in [0.25, 0.3) is 0 Å². The van der Waals surface area contributed by atoms with Gasteiger partial charge in [-0.05, 0) is 50.8 Å². The molecular formula is C16H21FN2O3. The number of fused-ring (bicyclic) bond motifs is 1. The summed E-state index contributed by atoms with van der Waals surface area (Å²) in [4.78, 5) is 24.2. The van der Waals surface area contributed by atoms with Crippen molar-refractivity contribution in [2.45, 2.75) is 45.8 Å². The van der Waals surface area contributed by atoms with Gasteiger partial charge < -0.3 is 15.4 Å². The quantitative estimate of drug-likeness (QED) is 0.838. The zero-order chi connectivity index (χ0) is 16.5. The van der Waals surface area contributed by atoms with E-state index < -0.39 is 23.6 Å². The number of nitrogens with one attached hydrogen (secondary N) is 2. The maximum Gasteiger partial charge on any atom is 0.408 e. The summed E-state index contributed by atoms with van der Waals surface area (Å²) in [6.45, 7) is 7.12.